The molecular weight excluding hydrogens is 192 g/mol. The maximum absolute atomic E-state index is 2.22. The van der Waals surface area contributed by atoms with Crippen molar-refractivity contribution >= 4 is 0 Å². The zero-order valence-corrected chi connectivity index (χ0v) is 10.6. The van der Waals surface area contributed by atoms with Crippen molar-refractivity contribution in [2.75, 3.05) is 0 Å². The molecule has 0 aliphatic carbocycles. The molecule has 0 nitrogen and oxygen atoms in total. The molecule has 88 valence electrons. The third-order valence-electron chi connectivity index (χ3n) is 2.04. The first-order valence-corrected chi connectivity index (χ1v) is 6.18. The Balaban J connectivity index is 3.47. The first-order valence-electron chi connectivity index (χ1n) is 6.18. The Morgan fingerprint density at radius 2 is 1.25 bits per heavy atom. The second-order valence-electron chi connectivity index (χ2n) is 3.53. The largest absolute Gasteiger partial charge is 0.0917 e. The Labute approximate surface area is 101 Å². The van der Waals surface area contributed by atoms with E-state index in [1.165, 1.54) is 12.8 Å². The normalized spacial score (nSPS) is 13.4. The molecule has 0 heterocycles. The molecule has 0 bridgehead atoms. The van der Waals surface area contributed by atoms with E-state index in [2.05, 4.69) is 74.6 Å². The van der Waals surface area contributed by atoms with Crippen LogP contribution in [0.2, 0.25) is 0 Å². The minimum atomic E-state index is 1.10. The molecule has 0 aliphatic heterocycles. The van der Waals surface area contributed by atoms with Crippen molar-refractivity contribution in [1.29, 1.82) is 0 Å². The Hall–Kier alpha value is -1.30. The van der Waals surface area contributed by atoms with Crippen LogP contribution >= 0.6 is 0 Å². The molecule has 0 unspecified atom stereocenters. The van der Waals surface area contributed by atoms with E-state index in [9.17, 15) is 0 Å². The number of allylic oxidation sites excluding steroid dienone is 10. The minimum absolute atomic E-state index is 1.10. The molecule has 0 radical (unpaired) electrons. The van der Waals surface area contributed by atoms with Crippen LogP contribution < -0.4 is 0 Å². The van der Waals surface area contributed by atoms with Crippen molar-refractivity contribution in [3.05, 3.63) is 60.8 Å². The van der Waals surface area contributed by atoms with Crippen molar-refractivity contribution < 1.29 is 0 Å². The lowest BCUT2D eigenvalue weighted by molar-refractivity contribution is 0.867. The summed E-state index contributed by atoms with van der Waals surface area (Å²) in [5.41, 5.74) is 0. The third-order valence-corrected chi connectivity index (χ3v) is 2.04. The molecular formula is C16H24. The average molecular weight is 216 g/mol. The van der Waals surface area contributed by atoms with Crippen molar-refractivity contribution in [3.63, 3.8) is 0 Å². The van der Waals surface area contributed by atoms with Gasteiger partial charge >= 0.3 is 0 Å². The van der Waals surface area contributed by atoms with Crippen LogP contribution in [0.4, 0.5) is 0 Å². The van der Waals surface area contributed by atoms with Gasteiger partial charge in [0.15, 0.2) is 0 Å². The molecule has 16 heavy (non-hydrogen) atoms. The summed E-state index contributed by atoms with van der Waals surface area (Å²) in [5, 5.41) is 0. The van der Waals surface area contributed by atoms with Gasteiger partial charge in [0.05, 0.1) is 0 Å². The molecule has 0 rings (SSSR count). The zero-order chi connectivity index (χ0) is 11.9. The van der Waals surface area contributed by atoms with Crippen LogP contribution in [-0.4, -0.2) is 0 Å². The summed E-state index contributed by atoms with van der Waals surface area (Å²) in [7, 11) is 0. The molecule has 0 aromatic rings. The van der Waals surface area contributed by atoms with Gasteiger partial charge in [-0.25, -0.2) is 0 Å². The van der Waals surface area contributed by atoms with E-state index in [-0.39, 0.29) is 0 Å². The van der Waals surface area contributed by atoms with Crippen molar-refractivity contribution in [2.24, 2.45) is 0 Å². The van der Waals surface area contributed by atoms with E-state index in [0.29, 0.717) is 0 Å². The van der Waals surface area contributed by atoms with Crippen molar-refractivity contribution in [2.45, 2.75) is 39.5 Å². The summed E-state index contributed by atoms with van der Waals surface area (Å²) in [6.07, 6.45) is 25.8. The third kappa shape index (κ3) is 12.7. The van der Waals surface area contributed by atoms with E-state index in [1.807, 2.05) is 0 Å². The quantitative estimate of drug-likeness (QED) is 0.291. The highest BCUT2D eigenvalue weighted by Gasteiger charge is 1.77. The van der Waals surface area contributed by atoms with Gasteiger partial charge < -0.3 is 0 Å². The highest BCUT2D eigenvalue weighted by Crippen LogP contribution is 1.97. The lowest BCUT2D eigenvalue weighted by Crippen LogP contribution is -1.67. The fourth-order valence-corrected chi connectivity index (χ4v) is 1.17. The summed E-state index contributed by atoms with van der Waals surface area (Å²) in [4.78, 5) is 0. The van der Waals surface area contributed by atoms with E-state index in [1.54, 1.807) is 0 Å². The maximum Gasteiger partial charge on any atom is -0.0345 e. The van der Waals surface area contributed by atoms with Gasteiger partial charge in [-0.2, -0.15) is 0 Å². The van der Waals surface area contributed by atoms with Gasteiger partial charge in [0.25, 0.3) is 0 Å². The second-order valence-corrected chi connectivity index (χ2v) is 3.53. The molecule has 0 atom stereocenters. The topological polar surface area (TPSA) is 0 Å². The first-order chi connectivity index (χ1) is 7.91. The van der Waals surface area contributed by atoms with Crippen LogP contribution in [0.1, 0.15) is 39.5 Å². The number of hydrogen-bond acceptors (Lipinski definition) is 0. The minimum Gasteiger partial charge on any atom is -0.0917 e. The van der Waals surface area contributed by atoms with E-state index in [4.69, 9.17) is 0 Å². The standard InChI is InChI=1S/C16H24/c1-3-5-7-9-11-13-15-16-14-12-10-8-6-4-2/h3,5-6,8,10,12-16H,4,7,9,11H2,1-2H3/b5-3+,8-6+,12-10+,15-13+,16-14+. The van der Waals surface area contributed by atoms with Crippen LogP contribution in [0.3, 0.4) is 0 Å². The fourth-order valence-electron chi connectivity index (χ4n) is 1.17. The van der Waals surface area contributed by atoms with Crippen molar-refractivity contribution in [3.8, 4) is 0 Å². The van der Waals surface area contributed by atoms with Crippen LogP contribution in [0.15, 0.2) is 60.8 Å². The molecule has 0 aliphatic rings. The monoisotopic (exact) mass is 216 g/mol. The van der Waals surface area contributed by atoms with Crippen LogP contribution in [0.5, 0.6) is 0 Å². The summed E-state index contributed by atoms with van der Waals surface area (Å²) >= 11 is 0. The van der Waals surface area contributed by atoms with E-state index < -0.39 is 0 Å². The lowest BCUT2D eigenvalue weighted by Gasteiger charge is -1.87. The first kappa shape index (κ1) is 14.7. The second kappa shape index (κ2) is 13.7. The highest BCUT2D eigenvalue weighted by molar-refractivity contribution is 5.15. The van der Waals surface area contributed by atoms with Gasteiger partial charge in [0.1, 0.15) is 0 Å². The summed E-state index contributed by atoms with van der Waals surface area (Å²) in [6.45, 7) is 4.20. The smallest absolute Gasteiger partial charge is 0.0345 e. The average Bonchev–Trinajstić information content (AvgIpc) is 2.31. The van der Waals surface area contributed by atoms with E-state index in [0.717, 1.165) is 12.8 Å². The molecule has 0 aromatic heterocycles. The summed E-state index contributed by atoms with van der Waals surface area (Å²) < 4.78 is 0. The Kier molecular flexibility index (Phi) is 12.6. The van der Waals surface area contributed by atoms with Gasteiger partial charge in [0.2, 0.25) is 0 Å². The molecule has 0 spiro atoms. The molecule has 0 saturated heterocycles. The van der Waals surface area contributed by atoms with E-state index >= 15 is 0 Å². The molecule has 0 fully saturated rings. The molecule has 0 amide bonds. The Morgan fingerprint density at radius 1 is 0.688 bits per heavy atom. The van der Waals surface area contributed by atoms with Crippen molar-refractivity contribution in [1.82, 2.24) is 0 Å². The van der Waals surface area contributed by atoms with Gasteiger partial charge in [-0.1, -0.05) is 67.7 Å². The molecule has 0 heteroatoms. The highest BCUT2D eigenvalue weighted by atomic mass is 13.8. The van der Waals surface area contributed by atoms with Gasteiger partial charge in [-0.3, -0.25) is 0 Å². The van der Waals surface area contributed by atoms with Crippen LogP contribution in [-0.2, 0) is 0 Å². The number of unbranched alkanes of at least 4 members (excludes halogenated alkanes) is 2. The van der Waals surface area contributed by atoms with Gasteiger partial charge in [-0.15, -0.1) is 0 Å². The Bertz CT molecular complexity index is 262. The fraction of sp³-hybridized carbons (Fsp3) is 0.375. The van der Waals surface area contributed by atoms with Crippen LogP contribution in [0.25, 0.3) is 0 Å². The molecule has 0 aromatic carbocycles. The van der Waals surface area contributed by atoms with Gasteiger partial charge in [0, 0.05) is 0 Å². The number of hydrogen-bond donors (Lipinski definition) is 0. The summed E-state index contributed by atoms with van der Waals surface area (Å²) in [5.74, 6) is 0. The molecule has 0 N–H and O–H groups in total. The lowest BCUT2D eigenvalue weighted by atomic mass is 10.2. The summed E-state index contributed by atoms with van der Waals surface area (Å²) in [6, 6.07) is 0. The Morgan fingerprint density at radius 3 is 1.88 bits per heavy atom. The van der Waals surface area contributed by atoms with Crippen LogP contribution in [0, 0.1) is 0 Å². The number of rotatable bonds is 8. The predicted octanol–water partition coefficient (Wildman–Crippen LogP) is 5.37. The SMILES string of the molecule is C/C=C/CCC/C=C/C=C/C=C/C=C/CC. The predicted molar refractivity (Wildman–Crippen MR) is 75.5 cm³/mol. The van der Waals surface area contributed by atoms with Gasteiger partial charge in [-0.05, 0) is 32.6 Å². The zero-order valence-electron chi connectivity index (χ0n) is 10.6. The maximum atomic E-state index is 2.22. The molecule has 0 saturated carbocycles.